The molecule has 0 unspecified atom stereocenters. The molecule has 1 aliphatic rings. The normalized spacial score (nSPS) is 17.1. The number of aliphatic imine (C=N–C) groups is 1. The highest BCUT2D eigenvalue weighted by molar-refractivity contribution is 14.0. The van der Waals surface area contributed by atoms with Crippen molar-refractivity contribution in [1.29, 1.82) is 0 Å². The van der Waals surface area contributed by atoms with E-state index in [1.807, 2.05) is 7.05 Å². The number of halogens is 1. The third-order valence-electron chi connectivity index (χ3n) is 4.32. The maximum absolute atomic E-state index is 5.56. The first kappa shape index (κ1) is 21.9. The van der Waals surface area contributed by atoms with Gasteiger partial charge in [0.1, 0.15) is 0 Å². The van der Waals surface area contributed by atoms with Crippen LogP contribution in [0.25, 0.3) is 0 Å². The van der Waals surface area contributed by atoms with Crippen molar-refractivity contribution in [2.75, 3.05) is 47.1 Å². The summed E-state index contributed by atoms with van der Waals surface area (Å²) in [7, 11) is 3.56. The predicted molar refractivity (Wildman–Crippen MR) is 103 cm³/mol. The van der Waals surface area contributed by atoms with E-state index in [0.717, 1.165) is 51.7 Å². The minimum absolute atomic E-state index is 0. The van der Waals surface area contributed by atoms with Crippen LogP contribution >= 0.6 is 24.0 Å². The van der Waals surface area contributed by atoms with Crippen LogP contribution in [0.5, 0.6) is 0 Å². The summed E-state index contributed by atoms with van der Waals surface area (Å²) in [5.41, 5.74) is 0.388. The second kappa shape index (κ2) is 13.4. The van der Waals surface area contributed by atoms with Crippen molar-refractivity contribution in [2.45, 2.75) is 45.4 Å². The zero-order chi connectivity index (χ0) is 15.4. The quantitative estimate of drug-likeness (QED) is 0.244. The maximum Gasteiger partial charge on any atom is 0.190 e. The van der Waals surface area contributed by atoms with E-state index in [4.69, 9.17) is 9.47 Å². The predicted octanol–water partition coefficient (Wildman–Crippen LogP) is 2.79. The molecule has 2 N–H and O–H groups in total. The summed E-state index contributed by atoms with van der Waals surface area (Å²) in [6.07, 6.45) is 7.42. The topological polar surface area (TPSA) is 54.9 Å². The van der Waals surface area contributed by atoms with Crippen molar-refractivity contribution in [3.63, 3.8) is 0 Å². The lowest BCUT2D eigenvalue weighted by atomic mass is 9.83. The fourth-order valence-electron chi connectivity index (χ4n) is 2.99. The van der Waals surface area contributed by atoms with E-state index in [0.29, 0.717) is 5.41 Å². The zero-order valence-corrected chi connectivity index (χ0v) is 16.8. The van der Waals surface area contributed by atoms with E-state index >= 15 is 0 Å². The van der Waals surface area contributed by atoms with Gasteiger partial charge in [-0.3, -0.25) is 4.99 Å². The molecule has 0 aromatic carbocycles. The third kappa shape index (κ3) is 8.53. The van der Waals surface area contributed by atoms with Gasteiger partial charge in [0.05, 0.1) is 0 Å². The highest BCUT2D eigenvalue weighted by Gasteiger charge is 2.33. The van der Waals surface area contributed by atoms with Crippen LogP contribution < -0.4 is 10.6 Å². The first-order chi connectivity index (χ1) is 10.3. The number of guanidine groups is 1. The molecular weight excluding hydrogens is 393 g/mol. The summed E-state index contributed by atoms with van der Waals surface area (Å²) >= 11 is 0. The number of rotatable bonds is 10. The summed E-state index contributed by atoms with van der Waals surface area (Å²) in [6.45, 7) is 6.40. The first-order valence-electron chi connectivity index (χ1n) is 8.27. The van der Waals surface area contributed by atoms with Gasteiger partial charge in [-0.1, -0.05) is 12.8 Å². The minimum Gasteiger partial charge on any atom is -0.385 e. The lowest BCUT2D eigenvalue weighted by Gasteiger charge is -2.30. The maximum atomic E-state index is 5.56. The molecule has 0 radical (unpaired) electrons. The van der Waals surface area contributed by atoms with Gasteiger partial charge in [-0.25, -0.2) is 0 Å². The first-order valence-corrected chi connectivity index (χ1v) is 8.27. The molecule has 5 nitrogen and oxygen atoms in total. The Balaban J connectivity index is 0.00000441. The van der Waals surface area contributed by atoms with Gasteiger partial charge < -0.3 is 20.1 Å². The number of ether oxygens (including phenoxy) is 2. The fourth-order valence-corrected chi connectivity index (χ4v) is 2.99. The van der Waals surface area contributed by atoms with E-state index in [-0.39, 0.29) is 24.0 Å². The molecule has 6 heteroatoms. The Morgan fingerprint density at radius 3 is 2.50 bits per heavy atom. The smallest absolute Gasteiger partial charge is 0.190 e. The van der Waals surface area contributed by atoms with Crippen LogP contribution in [0.15, 0.2) is 4.99 Å². The average molecular weight is 427 g/mol. The molecule has 132 valence electrons. The Morgan fingerprint density at radius 2 is 1.91 bits per heavy atom. The molecule has 0 bridgehead atoms. The minimum atomic E-state index is 0. The molecule has 0 saturated heterocycles. The molecule has 1 aliphatic carbocycles. The molecule has 0 heterocycles. The summed E-state index contributed by atoms with van der Waals surface area (Å²) in [5.74, 6) is 0.897. The lowest BCUT2D eigenvalue weighted by Crippen LogP contribution is -2.43. The van der Waals surface area contributed by atoms with E-state index in [9.17, 15) is 0 Å². The van der Waals surface area contributed by atoms with Crippen LogP contribution in [0.2, 0.25) is 0 Å². The molecule has 0 aromatic rings. The van der Waals surface area contributed by atoms with Gasteiger partial charge in [-0.15, -0.1) is 24.0 Å². The highest BCUT2D eigenvalue weighted by Crippen LogP contribution is 2.40. The van der Waals surface area contributed by atoms with Gasteiger partial charge in [0.25, 0.3) is 0 Å². The van der Waals surface area contributed by atoms with Crippen LogP contribution in [0.4, 0.5) is 0 Å². The molecule has 1 rings (SSSR count). The Hall–Kier alpha value is -0.0800. The van der Waals surface area contributed by atoms with Gasteiger partial charge >= 0.3 is 0 Å². The molecular formula is C16H34IN3O2. The molecule has 0 atom stereocenters. The van der Waals surface area contributed by atoms with E-state index in [1.54, 1.807) is 7.11 Å². The van der Waals surface area contributed by atoms with Crippen molar-refractivity contribution < 1.29 is 9.47 Å². The van der Waals surface area contributed by atoms with Gasteiger partial charge in [0, 0.05) is 47.1 Å². The van der Waals surface area contributed by atoms with Crippen molar-refractivity contribution in [2.24, 2.45) is 10.4 Å². The second-order valence-electron chi connectivity index (χ2n) is 5.85. The molecule has 0 aromatic heterocycles. The standard InChI is InChI=1S/C16H33N3O2.HI/c1-4-21-13-10-16(8-5-6-9-16)14-19-15(17-2)18-11-7-12-20-3;/h4-14H2,1-3H3,(H2,17,18,19);1H. The Bertz CT molecular complexity index is 295. The Labute approximate surface area is 153 Å². The van der Waals surface area contributed by atoms with Crippen LogP contribution in [0.3, 0.4) is 0 Å². The molecule has 1 fully saturated rings. The second-order valence-corrected chi connectivity index (χ2v) is 5.85. The third-order valence-corrected chi connectivity index (χ3v) is 4.32. The number of nitrogens with one attached hydrogen (secondary N) is 2. The Kier molecular flexibility index (Phi) is 13.3. The molecule has 1 saturated carbocycles. The van der Waals surface area contributed by atoms with Gasteiger partial charge in [0.15, 0.2) is 5.96 Å². The van der Waals surface area contributed by atoms with Crippen molar-refractivity contribution in [3.8, 4) is 0 Å². The van der Waals surface area contributed by atoms with Crippen molar-refractivity contribution >= 4 is 29.9 Å². The van der Waals surface area contributed by atoms with Gasteiger partial charge in [-0.05, 0) is 38.0 Å². The molecule has 0 amide bonds. The molecule has 0 aliphatic heterocycles. The summed E-state index contributed by atoms with van der Waals surface area (Å²) in [6, 6.07) is 0. The highest BCUT2D eigenvalue weighted by atomic mass is 127. The van der Waals surface area contributed by atoms with Gasteiger partial charge in [-0.2, -0.15) is 0 Å². The molecule has 0 spiro atoms. The fraction of sp³-hybridized carbons (Fsp3) is 0.938. The number of hydrogen-bond donors (Lipinski definition) is 2. The lowest BCUT2D eigenvalue weighted by molar-refractivity contribution is 0.105. The van der Waals surface area contributed by atoms with Crippen LogP contribution in [-0.4, -0.2) is 53.0 Å². The summed E-state index contributed by atoms with van der Waals surface area (Å²) in [5, 5.41) is 6.84. The summed E-state index contributed by atoms with van der Waals surface area (Å²) < 4.78 is 10.6. The number of nitrogens with zero attached hydrogens (tertiary/aromatic N) is 1. The Morgan fingerprint density at radius 1 is 1.18 bits per heavy atom. The zero-order valence-electron chi connectivity index (χ0n) is 14.5. The van der Waals surface area contributed by atoms with Crippen molar-refractivity contribution in [1.82, 2.24) is 10.6 Å². The SMILES string of the molecule is CCOCCC1(CNC(=NC)NCCCOC)CCCC1.I. The molecule has 22 heavy (non-hydrogen) atoms. The van der Waals surface area contributed by atoms with E-state index < -0.39 is 0 Å². The van der Waals surface area contributed by atoms with Crippen LogP contribution in [0.1, 0.15) is 45.4 Å². The van der Waals surface area contributed by atoms with E-state index in [2.05, 4.69) is 22.5 Å². The number of hydrogen-bond acceptors (Lipinski definition) is 3. The van der Waals surface area contributed by atoms with Crippen molar-refractivity contribution in [3.05, 3.63) is 0 Å². The van der Waals surface area contributed by atoms with Crippen LogP contribution in [0, 0.1) is 5.41 Å². The van der Waals surface area contributed by atoms with Gasteiger partial charge in [0.2, 0.25) is 0 Å². The van der Waals surface area contributed by atoms with E-state index in [1.165, 1.54) is 25.7 Å². The monoisotopic (exact) mass is 427 g/mol. The number of methoxy groups -OCH3 is 1. The average Bonchev–Trinajstić information content (AvgIpc) is 2.96. The van der Waals surface area contributed by atoms with Crippen LogP contribution in [-0.2, 0) is 9.47 Å². The summed E-state index contributed by atoms with van der Waals surface area (Å²) in [4.78, 5) is 4.30. The largest absolute Gasteiger partial charge is 0.385 e.